The number of phenolic OH excluding ortho intramolecular Hbond substituents is 1. The molecule has 0 unspecified atom stereocenters. The van der Waals surface area contributed by atoms with Gasteiger partial charge in [0, 0.05) is 6.07 Å². The lowest BCUT2D eigenvalue weighted by Gasteiger charge is -2.22. The summed E-state index contributed by atoms with van der Waals surface area (Å²) in [6, 6.07) is 1.41. The SMILES string of the molecule is COc1cc(O)c([C@@H](O)C(C)C)c(OC)c1OC. The molecule has 1 aromatic rings. The molecule has 1 aromatic carbocycles. The normalized spacial score (nSPS) is 12.4. The number of methoxy groups -OCH3 is 3. The molecule has 0 saturated carbocycles. The Morgan fingerprint density at radius 3 is 1.94 bits per heavy atom. The van der Waals surface area contributed by atoms with E-state index in [-0.39, 0.29) is 17.4 Å². The van der Waals surface area contributed by atoms with Crippen molar-refractivity contribution < 1.29 is 24.4 Å². The number of hydrogen-bond acceptors (Lipinski definition) is 5. The zero-order valence-electron chi connectivity index (χ0n) is 11.4. The minimum absolute atomic E-state index is 0.0668. The van der Waals surface area contributed by atoms with Gasteiger partial charge in [-0.15, -0.1) is 0 Å². The van der Waals surface area contributed by atoms with Crippen molar-refractivity contribution in [2.75, 3.05) is 21.3 Å². The average molecular weight is 256 g/mol. The fourth-order valence-corrected chi connectivity index (χ4v) is 1.78. The van der Waals surface area contributed by atoms with Crippen LogP contribution in [0.4, 0.5) is 0 Å². The lowest BCUT2D eigenvalue weighted by molar-refractivity contribution is 0.119. The second-order valence-electron chi connectivity index (χ2n) is 4.27. The summed E-state index contributed by atoms with van der Waals surface area (Å²) in [4.78, 5) is 0. The molecule has 1 atom stereocenters. The van der Waals surface area contributed by atoms with Gasteiger partial charge in [-0.2, -0.15) is 0 Å². The summed E-state index contributed by atoms with van der Waals surface area (Å²) in [5, 5.41) is 20.1. The molecule has 18 heavy (non-hydrogen) atoms. The standard InChI is InChI=1S/C13H20O5/c1-7(2)11(15)10-8(14)6-9(16-3)12(17-4)13(10)18-5/h6-7,11,14-15H,1-5H3/t11-/m0/s1. The van der Waals surface area contributed by atoms with Crippen molar-refractivity contribution in [3.63, 3.8) is 0 Å². The first-order valence-corrected chi connectivity index (χ1v) is 5.67. The van der Waals surface area contributed by atoms with Gasteiger partial charge in [-0.3, -0.25) is 0 Å². The van der Waals surface area contributed by atoms with E-state index in [0.29, 0.717) is 17.1 Å². The summed E-state index contributed by atoms with van der Waals surface area (Å²) in [6.07, 6.45) is -0.847. The lowest BCUT2D eigenvalue weighted by Crippen LogP contribution is -2.09. The van der Waals surface area contributed by atoms with Crippen LogP contribution in [0.1, 0.15) is 25.5 Å². The van der Waals surface area contributed by atoms with Gasteiger partial charge < -0.3 is 24.4 Å². The van der Waals surface area contributed by atoms with Crippen LogP contribution in [0, 0.1) is 5.92 Å². The Balaban J connectivity index is 3.50. The van der Waals surface area contributed by atoms with E-state index in [2.05, 4.69) is 0 Å². The third-order valence-electron chi connectivity index (χ3n) is 2.77. The maximum atomic E-state index is 10.1. The van der Waals surface area contributed by atoms with Gasteiger partial charge in [0.05, 0.1) is 33.0 Å². The molecule has 0 spiro atoms. The predicted molar refractivity (Wildman–Crippen MR) is 67.6 cm³/mol. The van der Waals surface area contributed by atoms with Crippen molar-refractivity contribution in [1.29, 1.82) is 0 Å². The molecular formula is C13H20O5. The van der Waals surface area contributed by atoms with E-state index in [1.54, 1.807) is 0 Å². The number of hydrogen-bond donors (Lipinski definition) is 2. The van der Waals surface area contributed by atoms with Crippen LogP contribution in [-0.2, 0) is 0 Å². The molecular weight excluding hydrogens is 236 g/mol. The number of rotatable bonds is 5. The summed E-state index contributed by atoms with van der Waals surface area (Å²) in [7, 11) is 4.39. The zero-order valence-corrected chi connectivity index (χ0v) is 11.4. The van der Waals surface area contributed by atoms with Crippen molar-refractivity contribution in [2.45, 2.75) is 20.0 Å². The number of phenols is 1. The Hall–Kier alpha value is -1.62. The highest BCUT2D eigenvalue weighted by Gasteiger charge is 2.27. The third-order valence-corrected chi connectivity index (χ3v) is 2.77. The summed E-state index contributed by atoms with van der Waals surface area (Å²) in [5.74, 6) is 0.850. The fraction of sp³-hybridized carbons (Fsp3) is 0.538. The number of aliphatic hydroxyl groups excluding tert-OH is 1. The van der Waals surface area contributed by atoms with E-state index < -0.39 is 6.10 Å². The number of benzene rings is 1. The minimum Gasteiger partial charge on any atom is -0.507 e. The van der Waals surface area contributed by atoms with E-state index in [1.165, 1.54) is 27.4 Å². The molecule has 0 heterocycles. The molecule has 0 amide bonds. The highest BCUT2D eigenvalue weighted by Crippen LogP contribution is 2.48. The van der Waals surface area contributed by atoms with Crippen LogP contribution >= 0.6 is 0 Å². The van der Waals surface area contributed by atoms with Crippen molar-refractivity contribution in [1.82, 2.24) is 0 Å². The summed E-state index contributed by atoms with van der Waals surface area (Å²) in [5.41, 5.74) is 0.310. The molecule has 0 bridgehead atoms. The Kier molecular flexibility index (Phi) is 4.67. The largest absolute Gasteiger partial charge is 0.507 e. The van der Waals surface area contributed by atoms with Gasteiger partial charge in [0.25, 0.3) is 0 Å². The summed E-state index contributed by atoms with van der Waals surface area (Å²) >= 11 is 0. The van der Waals surface area contributed by atoms with Gasteiger partial charge in [0.15, 0.2) is 11.5 Å². The van der Waals surface area contributed by atoms with Gasteiger partial charge in [-0.1, -0.05) is 13.8 Å². The van der Waals surface area contributed by atoms with E-state index in [1.807, 2.05) is 13.8 Å². The Bertz CT molecular complexity index is 414. The van der Waals surface area contributed by atoms with Gasteiger partial charge in [0.2, 0.25) is 5.75 Å². The summed E-state index contributed by atoms with van der Waals surface area (Å²) < 4.78 is 15.6. The molecule has 5 nitrogen and oxygen atoms in total. The second kappa shape index (κ2) is 5.82. The van der Waals surface area contributed by atoms with Crippen molar-refractivity contribution >= 4 is 0 Å². The molecule has 0 aliphatic heterocycles. The molecule has 2 N–H and O–H groups in total. The van der Waals surface area contributed by atoms with Gasteiger partial charge in [-0.05, 0) is 5.92 Å². The molecule has 0 saturated heterocycles. The average Bonchev–Trinajstić information content (AvgIpc) is 2.36. The van der Waals surface area contributed by atoms with Crippen LogP contribution in [-0.4, -0.2) is 31.5 Å². The maximum Gasteiger partial charge on any atom is 0.203 e. The summed E-state index contributed by atoms with van der Waals surface area (Å²) in [6.45, 7) is 3.69. The molecule has 102 valence electrons. The maximum absolute atomic E-state index is 10.1. The Labute approximate surface area is 107 Å². The predicted octanol–water partition coefficient (Wildman–Crippen LogP) is 2.11. The zero-order chi connectivity index (χ0) is 13.9. The second-order valence-corrected chi connectivity index (χ2v) is 4.27. The Morgan fingerprint density at radius 1 is 1.00 bits per heavy atom. The van der Waals surface area contributed by atoms with Crippen LogP contribution < -0.4 is 14.2 Å². The van der Waals surface area contributed by atoms with Crippen molar-refractivity contribution in [3.05, 3.63) is 11.6 Å². The molecule has 5 heteroatoms. The molecule has 0 fully saturated rings. The molecule has 0 radical (unpaired) electrons. The van der Waals surface area contributed by atoms with E-state index in [0.717, 1.165) is 0 Å². The van der Waals surface area contributed by atoms with E-state index in [4.69, 9.17) is 14.2 Å². The van der Waals surface area contributed by atoms with Crippen LogP contribution in [0.15, 0.2) is 6.07 Å². The van der Waals surface area contributed by atoms with Gasteiger partial charge in [-0.25, -0.2) is 0 Å². The quantitative estimate of drug-likeness (QED) is 0.844. The first kappa shape index (κ1) is 14.4. The first-order chi connectivity index (χ1) is 8.47. The minimum atomic E-state index is -0.847. The van der Waals surface area contributed by atoms with Crippen molar-refractivity contribution in [3.8, 4) is 23.0 Å². The highest BCUT2D eigenvalue weighted by atomic mass is 16.5. The van der Waals surface area contributed by atoms with Gasteiger partial charge >= 0.3 is 0 Å². The third kappa shape index (κ3) is 2.46. The molecule has 0 aliphatic carbocycles. The van der Waals surface area contributed by atoms with Crippen LogP contribution in [0.2, 0.25) is 0 Å². The smallest absolute Gasteiger partial charge is 0.203 e. The molecule has 0 aromatic heterocycles. The van der Waals surface area contributed by atoms with E-state index in [9.17, 15) is 10.2 Å². The van der Waals surface area contributed by atoms with Crippen LogP contribution in [0.3, 0.4) is 0 Å². The Morgan fingerprint density at radius 2 is 1.56 bits per heavy atom. The number of aromatic hydroxyl groups is 1. The fourth-order valence-electron chi connectivity index (χ4n) is 1.78. The van der Waals surface area contributed by atoms with Crippen LogP contribution in [0.5, 0.6) is 23.0 Å². The highest BCUT2D eigenvalue weighted by molar-refractivity contribution is 5.62. The topological polar surface area (TPSA) is 68.2 Å². The van der Waals surface area contributed by atoms with Gasteiger partial charge in [0.1, 0.15) is 5.75 Å². The van der Waals surface area contributed by atoms with Crippen LogP contribution in [0.25, 0.3) is 0 Å². The monoisotopic (exact) mass is 256 g/mol. The van der Waals surface area contributed by atoms with Crippen molar-refractivity contribution in [2.24, 2.45) is 5.92 Å². The molecule has 0 aliphatic rings. The molecule has 1 rings (SSSR count). The number of aliphatic hydroxyl groups is 1. The number of ether oxygens (including phenoxy) is 3. The van der Waals surface area contributed by atoms with E-state index >= 15 is 0 Å². The lowest BCUT2D eigenvalue weighted by atomic mass is 9.96. The first-order valence-electron chi connectivity index (χ1n) is 5.67.